The lowest BCUT2D eigenvalue weighted by Crippen LogP contribution is -2.24. The minimum absolute atomic E-state index is 0.103. The van der Waals surface area contributed by atoms with E-state index in [0.717, 1.165) is 5.56 Å². The van der Waals surface area contributed by atoms with E-state index in [0.29, 0.717) is 0 Å². The number of hydrogen-bond acceptors (Lipinski definition) is 5. The van der Waals surface area contributed by atoms with Crippen LogP contribution in [-0.4, -0.2) is 16.5 Å². The minimum Gasteiger partial charge on any atom is -0.393 e. The second-order valence-electron chi connectivity index (χ2n) is 2.91. The monoisotopic (exact) mass is 225 g/mol. The largest absolute Gasteiger partial charge is 0.393 e. The summed E-state index contributed by atoms with van der Waals surface area (Å²) in [5, 5.41) is 20.5. The zero-order valence-corrected chi connectivity index (χ0v) is 8.24. The summed E-state index contributed by atoms with van der Waals surface area (Å²) in [5.41, 5.74) is 0.800. The fourth-order valence-corrected chi connectivity index (χ4v) is 1.01. The van der Waals surface area contributed by atoms with Crippen molar-refractivity contribution in [3.05, 3.63) is 62.3 Å². The predicted octanol–water partition coefficient (Wildman–Crippen LogP) is 1.25. The summed E-state index contributed by atoms with van der Waals surface area (Å²) >= 11 is 0. The molecule has 0 aliphatic rings. The van der Waals surface area contributed by atoms with Gasteiger partial charge >= 0.3 is 0 Å². The Kier molecular flexibility index (Phi) is 4.22. The van der Waals surface area contributed by atoms with E-state index in [4.69, 9.17) is 4.74 Å². The van der Waals surface area contributed by atoms with Crippen molar-refractivity contribution in [2.24, 2.45) is 0 Å². The Labute approximate surface area is 90.9 Å². The molecular weight excluding hydrogens is 216 g/mol. The first-order valence-corrected chi connectivity index (χ1v) is 4.37. The molecule has 0 bridgehead atoms. The predicted molar refractivity (Wildman–Crippen MR) is 53.3 cm³/mol. The highest BCUT2D eigenvalue weighted by Crippen LogP contribution is 2.06. The van der Waals surface area contributed by atoms with Crippen molar-refractivity contribution in [2.45, 2.75) is 6.61 Å². The Morgan fingerprint density at radius 3 is 2.19 bits per heavy atom. The number of benzene rings is 1. The molecule has 0 saturated heterocycles. The highest BCUT2D eigenvalue weighted by molar-refractivity contribution is 5.13. The maximum Gasteiger partial charge on any atom is 0.288 e. The molecule has 0 atom stereocenters. The van der Waals surface area contributed by atoms with E-state index in [9.17, 15) is 20.2 Å². The van der Waals surface area contributed by atoms with E-state index in [-0.39, 0.29) is 6.61 Å². The van der Waals surface area contributed by atoms with Crippen molar-refractivity contribution in [2.75, 3.05) is 6.61 Å². The third kappa shape index (κ3) is 3.54. The van der Waals surface area contributed by atoms with E-state index in [2.05, 4.69) is 0 Å². The zero-order valence-electron chi connectivity index (χ0n) is 8.24. The molecule has 7 nitrogen and oxygen atoms in total. The first-order valence-electron chi connectivity index (χ1n) is 4.37. The van der Waals surface area contributed by atoms with Crippen molar-refractivity contribution < 1.29 is 14.6 Å². The van der Waals surface area contributed by atoms with Crippen LogP contribution >= 0.6 is 0 Å². The Morgan fingerprint density at radius 2 is 1.69 bits per heavy atom. The van der Waals surface area contributed by atoms with Crippen LogP contribution in [0, 0.1) is 26.4 Å². The van der Waals surface area contributed by atoms with E-state index < -0.39 is 22.6 Å². The number of rotatable bonds is 6. The van der Waals surface area contributed by atoms with Crippen LogP contribution in [-0.2, 0) is 11.3 Å². The molecule has 0 spiro atoms. The Hall–Kier alpha value is -2.15. The zero-order chi connectivity index (χ0) is 12.0. The first-order chi connectivity index (χ1) is 7.61. The summed E-state index contributed by atoms with van der Waals surface area (Å²) in [6.45, 7) is -0.513. The third-order valence-corrected chi connectivity index (χ3v) is 1.76. The topological polar surface area (TPSA) is 95.5 Å². The van der Waals surface area contributed by atoms with Crippen LogP contribution in [0.25, 0.3) is 0 Å². The highest BCUT2D eigenvalue weighted by atomic mass is 16.7. The smallest absolute Gasteiger partial charge is 0.288 e. The minimum atomic E-state index is -1.06. The Bertz CT molecular complexity index is 353. The van der Waals surface area contributed by atoms with Gasteiger partial charge in [0.25, 0.3) is 6.17 Å². The molecule has 0 aliphatic carbocycles. The molecule has 0 aliphatic heterocycles. The normalized spacial score (nSPS) is 9.75. The van der Waals surface area contributed by atoms with Crippen LogP contribution in [0.2, 0.25) is 0 Å². The van der Waals surface area contributed by atoms with Gasteiger partial charge in [0, 0.05) is 0 Å². The van der Waals surface area contributed by atoms with Crippen molar-refractivity contribution in [3.8, 4) is 0 Å². The molecule has 0 N–H and O–H groups in total. The summed E-state index contributed by atoms with van der Waals surface area (Å²) in [4.78, 5) is 18.4. The van der Waals surface area contributed by atoms with Crippen molar-refractivity contribution in [1.29, 1.82) is 0 Å². The van der Waals surface area contributed by atoms with Gasteiger partial charge in [-0.2, -0.15) is 0 Å². The van der Waals surface area contributed by atoms with Crippen molar-refractivity contribution >= 4 is 0 Å². The van der Waals surface area contributed by atoms with Crippen LogP contribution in [0.4, 0.5) is 0 Å². The van der Waals surface area contributed by atoms with E-state index in [1.807, 2.05) is 6.07 Å². The quantitative estimate of drug-likeness (QED) is 0.412. The first kappa shape index (κ1) is 11.9. The molecule has 7 heteroatoms. The maximum absolute atomic E-state index is 10.2. The molecule has 16 heavy (non-hydrogen) atoms. The molecule has 0 radical (unpaired) electrons. The van der Waals surface area contributed by atoms with E-state index >= 15 is 0 Å². The van der Waals surface area contributed by atoms with Gasteiger partial charge in [-0.3, -0.25) is 20.2 Å². The van der Waals surface area contributed by atoms with E-state index in [1.54, 1.807) is 24.3 Å². The van der Waals surface area contributed by atoms with Gasteiger partial charge in [-0.15, -0.1) is 0 Å². The van der Waals surface area contributed by atoms with Crippen molar-refractivity contribution in [1.82, 2.24) is 0 Å². The van der Waals surface area contributed by atoms with Crippen molar-refractivity contribution in [3.63, 3.8) is 0 Å². The van der Waals surface area contributed by atoms with Crippen LogP contribution in [0.3, 0.4) is 0 Å². The molecule has 0 amide bonds. The summed E-state index contributed by atoms with van der Waals surface area (Å²) in [5.74, 6) is 0. The summed E-state index contributed by atoms with van der Waals surface area (Å²) in [6.07, 6.45) is -1.06. The fourth-order valence-electron chi connectivity index (χ4n) is 1.01. The van der Waals surface area contributed by atoms with Gasteiger partial charge in [0.2, 0.25) is 0 Å². The average Bonchev–Trinajstić information content (AvgIpc) is 2.24. The second kappa shape index (κ2) is 5.66. The molecule has 0 unspecified atom stereocenters. The molecule has 0 aromatic heterocycles. The number of ether oxygens (including phenoxy) is 1. The van der Waals surface area contributed by atoms with Gasteiger partial charge < -0.3 is 4.74 Å². The maximum atomic E-state index is 10.2. The van der Waals surface area contributed by atoms with Gasteiger partial charge in [0.1, 0.15) is 0 Å². The lowest BCUT2D eigenvalue weighted by molar-refractivity contribution is -0.673. The molecular formula is C9H9N2O5-. The lowest BCUT2D eigenvalue weighted by Gasteiger charge is -2.12. The Morgan fingerprint density at radius 1 is 1.12 bits per heavy atom. The summed E-state index contributed by atoms with van der Waals surface area (Å²) < 4.78 is 4.88. The molecule has 0 fully saturated rings. The third-order valence-electron chi connectivity index (χ3n) is 1.76. The highest BCUT2D eigenvalue weighted by Gasteiger charge is 2.18. The molecule has 1 aromatic rings. The number of nitrogens with zero attached hydrogens (tertiary/aromatic N) is 2. The lowest BCUT2D eigenvalue weighted by atomic mass is 10.2. The molecule has 0 heterocycles. The molecule has 86 valence electrons. The summed E-state index contributed by atoms with van der Waals surface area (Å²) in [6, 6.07) is 8.90. The van der Waals surface area contributed by atoms with Gasteiger partial charge in [0.05, 0.1) is 13.2 Å². The SMILES string of the molecule is O=[N+]([O-])[C-](COCc1ccccc1)[N+](=O)[O-]. The van der Waals surface area contributed by atoms with Gasteiger partial charge in [-0.05, 0) is 15.4 Å². The fraction of sp³-hybridized carbons (Fsp3) is 0.222. The number of nitro groups is 2. The standard InChI is InChI=1S/C9H9N2O5/c12-10(13)9(11(14)15)7-16-6-8-4-2-1-3-5-8/h1-5H,6-7H2/q-1. The molecule has 1 rings (SSSR count). The van der Waals surface area contributed by atoms with Crippen LogP contribution in [0.5, 0.6) is 0 Å². The van der Waals surface area contributed by atoms with Crippen LogP contribution in [0.15, 0.2) is 30.3 Å². The van der Waals surface area contributed by atoms with Gasteiger partial charge in [-0.25, -0.2) is 0 Å². The van der Waals surface area contributed by atoms with Gasteiger partial charge in [0.15, 0.2) is 0 Å². The van der Waals surface area contributed by atoms with Gasteiger partial charge in [-0.1, -0.05) is 30.3 Å². The van der Waals surface area contributed by atoms with Crippen LogP contribution in [0.1, 0.15) is 5.56 Å². The van der Waals surface area contributed by atoms with Crippen LogP contribution < -0.4 is 0 Å². The number of hydrogen-bond donors (Lipinski definition) is 0. The Balaban J connectivity index is 2.40. The van der Waals surface area contributed by atoms with E-state index in [1.165, 1.54) is 0 Å². The second-order valence-corrected chi connectivity index (χ2v) is 2.91. The average molecular weight is 225 g/mol. The summed E-state index contributed by atoms with van der Waals surface area (Å²) in [7, 11) is 0. The molecule has 0 saturated carbocycles. The molecule has 1 aromatic carbocycles.